The lowest BCUT2D eigenvalue weighted by atomic mass is 10.1. The molecule has 0 spiro atoms. The van der Waals surface area contributed by atoms with Gasteiger partial charge >= 0.3 is 0 Å². The Balaban J connectivity index is 1.80. The van der Waals surface area contributed by atoms with Gasteiger partial charge < -0.3 is 10.2 Å². The fraction of sp³-hybridized carbons (Fsp3) is 0.286. The van der Waals surface area contributed by atoms with E-state index in [0.717, 1.165) is 30.8 Å². The van der Waals surface area contributed by atoms with E-state index in [1.807, 2.05) is 0 Å². The van der Waals surface area contributed by atoms with E-state index in [1.165, 1.54) is 0 Å². The van der Waals surface area contributed by atoms with E-state index in [0.29, 0.717) is 21.4 Å². The summed E-state index contributed by atoms with van der Waals surface area (Å²) < 4.78 is 0. The zero-order valence-corrected chi connectivity index (χ0v) is 12.9. The third-order valence-electron chi connectivity index (χ3n) is 3.54. The Hall–Kier alpha value is -1.56. The maximum atomic E-state index is 12.2. The van der Waals surface area contributed by atoms with Crippen LogP contribution in [0.3, 0.4) is 0 Å². The molecule has 0 saturated heterocycles. The van der Waals surface area contributed by atoms with Crippen molar-refractivity contribution < 1.29 is 4.79 Å². The molecule has 1 aromatic heterocycles. The van der Waals surface area contributed by atoms with Crippen molar-refractivity contribution in [2.24, 2.45) is 0 Å². The second kappa shape index (κ2) is 5.67. The average molecular weight is 325 g/mol. The Morgan fingerprint density at radius 3 is 2.95 bits per heavy atom. The molecule has 2 aromatic rings. The number of halogens is 2. The van der Waals surface area contributed by atoms with Crippen molar-refractivity contribution in [2.75, 3.05) is 18.9 Å². The third kappa shape index (κ3) is 2.90. The van der Waals surface area contributed by atoms with Gasteiger partial charge in [-0.2, -0.15) is 5.10 Å². The van der Waals surface area contributed by atoms with Gasteiger partial charge in [0.05, 0.1) is 15.7 Å². The van der Waals surface area contributed by atoms with Crippen LogP contribution in [0.15, 0.2) is 18.2 Å². The zero-order chi connectivity index (χ0) is 15.0. The number of benzene rings is 1. The SMILES string of the molecule is CN1CCc2c(NC(=O)c3ccc(Cl)c(Cl)c3)n[nH]c2C1. The fourth-order valence-electron chi connectivity index (χ4n) is 2.37. The van der Waals surface area contributed by atoms with Gasteiger partial charge in [-0.3, -0.25) is 9.89 Å². The second-order valence-electron chi connectivity index (χ2n) is 5.10. The molecule has 7 heteroatoms. The first-order valence-corrected chi connectivity index (χ1v) is 7.31. The number of anilines is 1. The standard InChI is InChI=1S/C14H14Cl2N4O/c1-20-5-4-9-12(7-20)18-19-13(9)17-14(21)8-2-3-10(15)11(16)6-8/h2-3,6H,4-5,7H2,1H3,(H2,17,18,19,21). The molecule has 2 N–H and O–H groups in total. The molecule has 21 heavy (non-hydrogen) atoms. The van der Waals surface area contributed by atoms with E-state index in [2.05, 4.69) is 27.5 Å². The van der Waals surface area contributed by atoms with Gasteiger partial charge in [-0.15, -0.1) is 0 Å². The van der Waals surface area contributed by atoms with Crippen molar-refractivity contribution in [1.29, 1.82) is 0 Å². The Bertz CT molecular complexity index is 698. The highest BCUT2D eigenvalue weighted by Crippen LogP contribution is 2.25. The van der Waals surface area contributed by atoms with Crippen LogP contribution in [0.2, 0.25) is 10.0 Å². The second-order valence-corrected chi connectivity index (χ2v) is 5.91. The Morgan fingerprint density at radius 2 is 2.19 bits per heavy atom. The van der Waals surface area contributed by atoms with Crippen LogP contribution in [-0.4, -0.2) is 34.6 Å². The lowest BCUT2D eigenvalue weighted by Gasteiger charge is -2.21. The number of nitrogens with one attached hydrogen (secondary N) is 2. The van der Waals surface area contributed by atoms with E-state index < -0.39 is 0 Å². The Kier molecular flexibility index (Phi) is 3.89. The maximum absolute atomic E-state index is 12.2. The molecule has 0 radical (unpaired) electrons. The molecule has 1 amide bonds. The molecule has 1 aliphatic rings. The molecule has 2 heterocycles. The lowest BCUT2D eigenvalue weighted by molar-refractivity contribution is 0.102. The van der Waals surface area contributed by atoms with Crippen LogP contribution in [-0.2, 0) is 13.0 Å². The average Bonchev–Trinajstić information content (AvgIpc) is 2.84. The number of nitrogens with zero attached hydrogens (tertiary/aromatic N) is 2. The van der Waals surface area contributed by atoms with Crippen molar-refractivity contribution in [3.8, 4) is 0 Å². The van der Waals surface area contributed by atoms with Crippen molar-refractivity contribution >= 4 is 34.9 Å². The largest absolute Gasteiger partial charge is 0.305 e. The third-order valence-corrected chi connectivity index (χ3v) is 4.28. The summed E-state index contributed by atoms with van der Waals surface area (Å²) in [6.07, 6.45) is 0.860. The highest BCUT2D eigenvalue weighted by Gasteiger charge is 2.21. The first kappa shape index (κ1) is 14.4. The number of likely N-dealkylation sites (N-methyl/N-ethyl adjacent to an activating group) is 1. The van der Waals surface area contributed by atoms with Crippen LogP contribution in [0, 0.1) is 0 Å². The highest BCUT2D eigenvalue weighted by atomic mass is 35.5. The molecule has 0 bridgehead atoms. The molecule has 1 aliphatic heterocycles. The fourth-order valence-corrected chi connectivity index (χ4v) is 2.67. The smallest absolute Gasteiger partial charge is 0.256 e. The summed E-state index contributed by atoms with van der Waals surface area (Å²) in [5, 5.41) is 10.8. The van der Waals surface area contributed by atoms with Crippen LogP contribution < -0.4 is 5.32 Å². The van der Waals surface area contributed by atoms with E-state index in [-0.39, 0.29) is 5.91 Å². The van der Waals surface area contributed by atoms with E-state index in [1.54, 1.807) is 18.2 Å². The van der Waals surface area contributed by atoms with Gasteiger partial charge in [0.15, 0.2) is 5.82 Å². The van der Waals surface area contributed by atoms with Crippen LogP contribution in [0.1, 0.15) is 21.6 Å². The molecule has 110 valence electrons. The predicted octanol–water partition coefficient (Wildman–Crippen LogP) is 2.96. The van der Waals surface area contributed by atoms with Crippen molar-refractivity contribution in [3.05, 3.63) is 45.1 Å². The van der Waals surface area contributed by atoms with Crippen LogP contribution in [0.5, 0.6) is 0 Å². The Morgan fingerprint density at radius 1 is 1.38 bits per heavy atom. The van der Waals surface area contributed by atoms with Gasteiger partial charge in [0.25, 0.3) is 5.91 Å². The summed E-state index contributed by atoms with van der Waals surface area (Å²) in [5.74, 6) is 0.343. The molecule has 1 aromatic carbocycles. The van der Waals surface area contributed by atoms with Crippen LogP contribution in [0.25, 0.3) is 0 Å². The number of aromatic amines is 1. The molecule has 0 saturated carbocycles. The highest BCUT2D eigenvalue weighted by molar-refractivity contribution is 6.42. The normalized spacial score (nSPS) is 14.8. The van der Waals surface area contributed by atoms with Crippen LogP contribution >= 0.6 is 23.2 Å². The van der Waals surface area contributed by atoms with Gasteiger partial charge in [0.1, 0.15) is 0 Å². The van der Waals surface area contributed by atoms with Crippen molar-refractivity contribution in [2.45, 2.75) is 13.0 Å². The minimum Gasteiger partial charge on any atom is -0.305 e. The first-order valence-electron chi connectivity index (χ1n) is 6.55. The van der Waals surface area contributed by atoms with Gasteiger partial charge in [-0.1, -0.05) is 23.2 Å². The molecule has 0 unspecified atom stereocenters. The van der Waals surface area contributed by atoms with Gasteiger partial charge in [-0.25, -0.2) is 0 Å². The number of amides is 1. The Labute approximate surface area is 132 Å². The van der Waals surface area contributed by atoms with Crippen LogP contribution in [0.4, 0.5) is 5.82 Å². The summed E-state index contributed by atoms with van der Waals surface area (Å²) in [5.41, 5.74) is 2.57. The first-order chi connectivity index (χ1) is 10.0. The van der Waals surface area contributed by atoms with E-state index in [9.17, 15) is 4.79 Å². The number of hydrogen-bond acceptors (Lipinski definition) is 3. The summed E-state index contributed by atoms with van der Waals surface area (Å²) in [4.78, 5) is 14.4. The van der Waals surface area contributed by atoms with Gasteiger partial charge in [0, 0.05) is 24.2 Å². The minimum absolute atomic E-state index is 0.248. The zero-order valence-electron chi connectivity index (χ0n) is 11.4. The summed E-state index contributed by atoms with van der Waals surface area (Å²) in [6, 6.07) is 4.79. The van der Waals surface area contributed by atoms with Crippen molar-refractivity contribution in [3.63, 3.8) is 0 Å². The number of fused-ring (bicyclic) bond motifs is 1. The van der Waals surface area contributed by atoms with Crippen molar-refractivity contribution in [1.82, 2.24) is 15.1 Å². The monoisotopic (exact) mass is 324 g/mol. The number of carbonyl (C=O) groups excluding carboxylic acids is 1. The quantitative estimate of drug-likeness (QED) is 0.892. The summed E-state index contributed by atoms with van der Waals surface area (Å²) in [7, 11) is 2.05. The molecule has 0 atom stereocenters. The summed E-state index contributed by atoms with van der Waals surface area (Å²) >= 11 is 11.8. The number of hydrogen-bond donors (Lipinski definition) is 2. The predicted molar refractivity (Wildman–Crippen MR) is 83.0 cm³/mol. The number of carbonyl (C=O) groups is 1. The molecular weight excluding hydrogens is 311 g/mol. The minimum atomic E-state index is -0.248. The van der Waals surface area contributed by atoms with E-state index >= 15 is 0 Å². The lowest BCUT2D eigenvalue weighted by Crippen LogP contribution is -2.26. The molecule has 3 rings (SSSR count). The number of rotatable bonds is 2. The topological polar surface area (TPSA) is 61.0 Å². The molecule has 0 fully saturated rings. The summed E-state index contributed by atoms with van der Waals surface area (Å²) in [6.45, 7) is 1.76. The molecule has 5 nitrogen and oxygen atoms in total. The molecular formula is C14H14Cl2N4O. The maximum Gasteiger partial charge on any atom is 0.256 e. The van der Waals surface area contributed by atoms with Gasteiger partial charge in [-0.05, 0) is 31.7 Å². The molecule has 0 aliphatic carbocycles. The number of aromatic nitrogens is 2. The number of H-pyrrole nitrogens is 1. The van der Waals surface area contributed by atoms with E-state index in [4.69, 9.17) is 23.2 Å². The van der Waals surface area contributed by atoms with Gasteiger partial charge in [0.2, 0.25) is 0 Å².